The predicted octanol–water partition coefficient (Wildman–Crippen LogP) is 3.34. The molecule has 11 heteroatoms. The van der Waals surface area contributed by atoms with Gasteiger partial charge in [-0.1, -0.05) is 17.3 Å². The molecule has 1 fully saturated rings. The molecule has 0 unspecified atom stereocenters. The summed E-state index contributed by atoms with van der Waals surface area (Å²) in [4.78, 5) is 25.3. The van der Waals surface area contributed by atoms with Crippen LogP contribution in [0.2, 0.25) is 0 Å². The summed E-state index contributed by atoms with van der Waals surface area (Å²) in [5, 5.41) is 18.1. The number of rotatable bonds is 5. The van der Waals surface area contributed by atoms with Gasteiger partial charge in [-0.15, -0.1) is 0 Å². The van der Waals surface area contributed by atoms with Crippen LogP contribution in [-0.2, 0) is 0 Å². The average molecular weight is 399 g/mol. The van der Waals surface area contributed by atoms with E-state index in [1.54, 1.807) is 19.1 Å². The molecule has 0 radical (unpaired) electrons. The van der Waals surface area contributed by atoms with Crippen LogP contribution in [-0.4, -0.2) is 38.1 Å². The van der Waals surface area contributed by atoms with Gasteiger partial charge in [0.1, 0.15) is 12.0 Å². The number of nitrogens with one attached hydrogen (secondary N) is 1. The largest absolute Gasteiger partial charge is 0.351 e. The van der Waals surface area contributed by atoms with Gasteiger partial charge in [-0.05, 0) is 31.9 Å². The van der Waals surface area contributed by atoms with Crippen molar-refractivity contribution in [3.63, 3.8) is 0 Å². The summed E-state index contributed by atoms with van der Waals surface area (Å²) in [5.41, 5.74) is -0.00561. The zero-order chi connectivity index (χ0) is 20.4. The Kier molecular flexibility index (Phi) is 5.02. The van der Waals surface area contributed by atoms with E-state index in [2.05, 4.69) is 25.4 Å². The Labute approximate surface area is 164 Å². The third kappa shape index (κ3) is 3.98. The number of aryl methyl sites for hydroxylation is 1. The lowest BCUT2D eigenvalue weighted by atomic mass is 9.97. The number of para-hydroxylation sites is 1. The van der Waals surface area contributed by atoms with Gasteiger partial charge in [-0.2, -0.15) is 9.97 Å². The van der Waals surface area contributed by atoms with Crippen LogP contribution >= 0.6 is 0 Å². The Morgan fingerprint density at radius 1 is 1.28 bits per heavy atom. The highest BCUT2D eigenvalue weighted by molar-refractivity contribution is 5.62. The number of aromatic nitrogens is 4. The zero-order valence-corrected chi connectivity index (χ0v) is 15.6. The third-order valence-corrected chi connectivity index (χ3v) is 4.75. The van der Waals surface area contributed by atoms with Gasteiger partial charge in [0.2, 0.25) is 17.7 Å². The van der Waals surface area contributed by atoms with Crippen molar-refractivity contribution in [2.75, 3.05) is 23.3 Å². The molecule has 0 bridgehead atoms. The van der Waals surface area contributed by atoms with Crippen molar-refractivity contribution in [1.82, 2.24) is 20.1 Å². The number of nitrogens with zero attached hydrogens (tertiary/aromatic N) is 6. The molecule has 0 atom stereocenters. The maximum absolute atomic E-state index is 13.9. The molecule has 3 aromatic rings. The number of piperidine rings is 1. The molecular weight excluding hydrogens is 381 g/mol. The second-order valence-corrected chi connectivity index (χ2v) is 6.71. The van der Waals surface area contributed by atoms with Gasteiger partial charge in [0.05, 0.1) is 10.6 Å². The molecule has 10 nitrogen and oxygen atoms in total. The quantitative estimate of drug-likeness (QED) is 0.508. The minimum Gasteiger partial charge on any atom is -0.351 e. The van der Waals surface area contributed by atoms with Crippen LogP contribution in [0.3, 0.4) is 0 Å². The molecule has 1 aliphatic rings. The summed E-state index contributed by atoms with van der Waals surface area (Å²) in [7, 11) is 0. The molecule has 1 aliphatic heterocycles. The van der Waals surface area contributed by atoms with Crippen LogP contribution in [0.5, 0.6) is 0 Å². The van der Waals surface area contributed by atoms with Crippen molar-refractivity contribution < 1.29 is 13.8 Å². The Morgan fingerprint density at radius 3 is 2.69 bits per heavy atom. The van der Waals surface area contributed by atoms with Gasteiger partial charge >= 0.3 is 5.69 Å². The molecule has 0 amide bonds. The van der Waals surface area contributed by atoms with E-state index in [1.165, 1.54) is 12.1 Å². The van der Waals surface area contributed by atoms with E-state index in [0.717, 1.165) is 6.20 Å². The summed E-state index contributed by atoms with van der Waals surface area (Å²) < 4.78 is 19.1. The lowest BCUT2D eigenvalue weighted by Crippen LogP contribution is -2.34. The molecule has 29 heavy (non-hydrogen) atoms. The fraction of sp³-hybridized carbons (Fsp3) is 0.333. The van der Waals surface area contributed by atoms with E-state index in [-0.39, 0.29) is 29.1 Å². The molecule has 4 rings (SSSR count). The normalized spacial score (nSPS) is 14.8. The molecule has 3 heterocycles. The molecule has 0 aliphatic carbocycles. The monoisotopic (exact) mass is 399 g/mol. The van der Waals surface area contributed by atoms with Crippen molar-refractivity contribution in [1.29, 1.82) is 0 Å². The molecule has 1 aromatic carbocycles. The Balaban J connectivity index is 1.55. The van der Waals surface area contributed by atoms with E-state index >= 15 is 0 Å². The van der Waals surface area contributed by atoms with Crippen LogP contribution in [0.25, 0.3) is 0 Å². The number of anilines is 3. The summed E-state index contributed by atoms with van der Waals surface area (Å²) in [6.07, 6.45) is 2.52. The molecule has 0 saturated carbocycles. The molecule has 150 valence electrons. The van der Waals surface area contributed by atoms with Crippen molar-refractivity contribution in [2.45, 2.75) is 25.7 Å². The van der Waals surface area contributed by atoms with Gasteiger partial charge in [0.15, 0.2) is 5.82 Å². The summed E-state index contributed by atoms with van der Waals surface area (Å²) in [5.74, 6) is 1.09. The highest BCUT2D eigenvalue weighted by atomic mass is 19.1. The first kappa shape index (κ1) is 18.7. The maximum Gasteiger partial charge on any atom is 0.329 e. The molecular formula is C18H18FN7O3. The zero-order valence-electron chi connectivity index (χ0n) is 15.6. The topological polar surface area (TPSA) is 123 Å². The fourth-order valence-corrected chi connectivity index (χ4v) is 3.29. The number of nitro groups is 1. The average Bonchev–Trinajstić information content (AvgIpc) is 3.16. The minimum atomic E-state index is -0.518. The lowest BCUT2D eigenvalue weighted by molar-refractivity contribution is -0.384. The first-order chi connectivity index (χ1) is 14.0. The summed E-state index contributed by atoms with van der Waals surface area (Å²) >= 11 is 0. The third-order valence-electron chi connectivity index (χ3n) is 4.75. The highest BCUT2D eigenvalue weighted by Gasteiger charge is 2.30. The highest BCUT2D eigenvalue weighted by Crippen LogP contribution is 2.33. The minimum absolute atomic E-state index is 0.0883. The lowest BCUT2D eigenvalue weighted by Gasteiger charge is -2.30. The Morgan fingerprint density at radius 2 is 2.03 bits per heavy atom. The molecule has 0 spiro atoms. The van der Waals surface area contributed by atoms with Crippen molar-refractivity contribution in [2.24, 2.45) is 0 Å². The van der Waals surface area contributed by atoms with Crippen LogP contribution in [0, 0.1) is 22.9 Å². The van der Waals surface area contributed by atoms with Crippen molar-refractivity contribution in [3.8, 4) is 0 Å². The maximum atomic E-state index is 13.9. The van der Waals surface area contributed by atoms with Gasteiger partial charge in [-0.25, -0.2) is 9.37 Å². The standard InChI is InChI=1S/C18H18FN7O3/c1-11-21-17(29-24-11)12-6-8-25(9-7-12)16-15(26(27)28)10-20-18(23-16)22-14-5-3-2-4-13(14)19/h2-5,10,12H,6-9H2,1H3,(H,20,22,23). The smallest absolute Gasteiger partial charge is 0.329 e. The van der Waals surface area contributed by atoms with Gasteiger partial charge in [-0.3, -0.25) is 10.1 Å². The van der Waals surface area contributed by atoms with Crippen LogP contribution in [0.4, 0.5) is 27.5 Å². The van der Waals surface area contributed by atoms with Gasteiger partial charge in [0.25, 0.3) is 0 Å². The van der Waals surface area contributed by atoms with Gasteiger partial charge in [0, 0.05) is 19.0 Å². The van der Waals surface area contributed by atoms with Crippen molar-refractivity contribution in [3.05, 3.63) is 58.1 Å². The number of hydrogen-bond acceptors (Lipinski definition) is 9. The first-order valence-corrected chi connectivity index (χ1v) is 9.09. The second-order valence-electron chi connectivity index (χ2n) is 6.71. The van der Waals surface area contributed by atoms with E-state index < -0.39 is 10.7 Å². The predicted molar refractivity (Wildman–Crippen MR) is 102 cm³/mol. The molecule has 1 N–H and O–H groups in total. The molecule has 2 aromatic heterocycles. The fourth-order valence-electron chi connectivity index (χ4n) is 3.29. The number of benzene rings is 1. The SMILES string of the molecule is Cc1noc(C2CCN(c3nc(Nc4ccccc4F)ncc3[N+](=O)[O-])CC2)n1. The summed E-state index contributed by atoms with van der Waals surface area (Å²) in [6.45, 7) is 2.82. The van der Waals surface area contributed by atoms with E-state index in [1.807, 2.05) is 4.90 Å². The summed E-state index contributed by atoms with van der Waals surface area (Å²) in [6, 6.07) is 6.08. The van der Waals surface area contributed by atoms with E-state index in [9.17, 15) is 14.5 Å². The van der Waals surface area contributed by atoms with Crippen LogP contribution in [0.15, 0.2) is 35.0 Å². The number of hydrogen-bond donors (Lipinski definition) is 1. The second kappa shape index (κ2) is 7.78. The Hall–Kier alpha value is -3.63. The van der Waals surface area contributed by atoms with Crippen LogP contribution in [0.1, 0.15) is 30.5 Å². The van der Waals surface area contributed by atoms with Crippen molar-refractivity contribution >= 4 is 23.1 Å². The van der Waals surface area contributed by atoms with E-state index in [0.29, 0.717) is 37.6 Å². The van der Waals surface area contributed by atoms with E-state index in [4.69, 9.17) is 4.52 Å². The first-order valence-electron chi connectivity index (χ1n) is 9.09. The number of halogens is 1. The molecule has 1 saturated heterocycles. The van der Waals surface area contributed by atoms with Crippen LogP contribution < -0.4 is 10.2 Å². The van der Waals surface area contributed by atoms with Gasteiger partial charge < -0.3 is 14.7 Å². The Bertz CT molecular complexity index is 1030.